The average molecular weight is 244 g/mol. The standard InChI is InChI=1S/C16H24N2/c1-15(2,3)18-10-7-12-5-4-6-13-14(12)16(8-9-16)11-17-13/h4-6,17-18H,7-11H2,1-3H3. The molecule has 1 aliphatic heterocycles. The normalized spacial score (nSPS) is 19.7. The minimum absolute atomic E-state index is 0.216. The van der Waals surface area contributed by atoms with Gasteiger partial charge in [-0.3, -0.25) is 0 Å². The highest BCUT2D eigenvalue weighted by Crippen LogP contribution is 2.55. The fraction of sp³-hybridized carbons (Fsp3) is 0.625. The van der Waals surface area contributed by atoms with Crippen molar-refractivity contribution < 1.29 is 0 Å². The molecule has 1 fully saturated rings. The maximum absolute atomic E-state index is 3.59. The molecule has 0 saturated heterocycles. The predicted molar refractivity (Wildman–Crippen MR) is 77.3 cm³/mol. The number of hydrogen-bond acceptors (Lipinski definition) is 2. The largest absolute Gasteiger partial charge is 0.384 e. The van der Waals surface area contributed by atoms with Crippen LogP contribution in [0.4, 0.5) is 5.69 Å². The van der Waals surface area contributed by atoms with Gasteiger partial charge < -0.3 is 10.6 Å². The predicted octanol–water partition coefficient (Wildman–Crippen LogP) is 3.07. The molecule has 1 saturated carbocycles. The Bertz CT molecular complexity index is 453. The molecule has 0 amide bonds. The first-order chi connectivity index (χ1) is 8.50. The highest BCUT2D eigenvalue weighted by Gasteiger charge is 2.49. The van der Waals surface area contributed by atoms with Gasteiger partial charge in [0.05, 0.1) is 0 Å². The first kappa shape index (κ1) is 12.0. The summed E-state index contributed by atoms with van der Waals surface area (Å²) in [5.74, 6) is 0. The molecular weight excluding hydrogens is 220 g/mol. The van der Waals surface area contributed by atoms with Crippen LogP contribution in [0.25, 0.3) is 0 Å². The Morgan fingerprint density at radius 1 is 1.28 bits per heavy atom. The van der Waals surface area contributed by atoms with Gasteiger partial charge in [-0.1, -0.05) is 12.1 Å². The smallest absolute Gasteiger partial charge is 0.0382 e. The van der Waals surface area contributed by atoms with E-state index in [1.165, 1.54) is 18.5 Å². The van der Waals surface area contributed by atoms with Gasteiger partial charge in [-0.2, -0.15) is 0 Å². The molecule has 0 aromatic heterocycles. The van der Waals surface area contributed by atoms with Gasteiger partial charge in [0.2, 0.25) is 0 Å². The van der Waals surface area contributed by atoms with Crippen LogP contribution in [0.15, 0.2) is 18.2 Å². The third kappa shape index (κ3) is 2.14. The third-order valence-corrected chi connectivity index (χ3v) is 4.20. The number of rotatable bonds is 3. The molecule has 18 heavy (non-hydrogen) atoms. The zero-order valence-electron chi connectivity index (χ0n) is 11.8. The summed E-state index contributed by atoms with van der Waals surface area (Å²) in [6.07, 6.45) is 3.89. The molecule has 2 N–H and O–H groups in total. The van der Waals surface area contributed by atoms with Gasteiger partial charge in [-0.25, -0.2) is 0 Å². The second kappa shape index (κ2) is 3.99. The molecule has 3 rings (SSSR count). The number of anilines is 1. The number of fused-ring (bicyclic) bond motifs is 2. The maximum atomic E-state index is 3.59. The van der Waals surface area contributed by atoms with Crippen LogP contribution < -0.4 is 10.6 Å². The minimum Gasteiger partial charge on any atom is -0.384 e. The van der Waals surface area contributed by atoms with Crippen LogP contribution in [0.2, 0.25) is 0 Å². The van der Waals surface area contributed by atoms with Crippen LogP contribution in [0.3, 0.4) is 0 Å². The van der Waals surface area contributed by atoms with Crippen LogP contribution in [0.1, 0.15) is 44.7 Å². The van der Waals surface area contributed by atoms with Crippen LogP contribution in [-0.4, -0.2) is 18.6 Å². The van der Waals surface area contributed by atoms with Crippen molar-refractivity contribution in [3.63, 3.8) is 0 Å². The molecule has 1 aromatic carbocycles. The van der Waals surface area contributed by atoms with Crippen LogP contribution in [0.5, 0.6) is 0 Å². The van der Waals surface area contributed by atoms with Crippen molar-refractivity contribution in [1.29, 1.82) is 0 Å². The quantitative estimate of drug-likeness (QED) is 0.854. The summed E-state index contributed by atoms with van der Waals surface area (Å²) in [5, 5.41) is 7.17. The van der Waals surface area contributed by atoms with Crippen molar-refractivity contribution in [3.8, 4) is 0 Å². The molecule has 0 bridgehead atoms. The Morgan fingerprint density at radius 2 is 2.06 bits per heavy atom. The van der Waals surface area contributed by atoms with Crippen LogP contribution in [-0.2, 0) is 11.8 Å². The number of benzene rings is 1. The summed E-state index contributed by atoms with van der Waals surface area (Å²) in [6, 6.07) is 6.75. The second-order valence-corrected chi connectivity index (χ2v) is 6.90. The molecule has 1 spiro atoms. The Morgan fingerprint density at radius 3 is 2.72 bits per heavy atom. The van der Waals surface area contributed by atoms with Gasteiger partial charge in [0.25, 0.3) is 0 Å². The van der Waals surface area contributed by atoms with Crippen LogP contribution >= 0.6 is 0 Å². The van der Waals surface area contributed by atoms with E-state index in [1.807, 2.05) is 0 Å². The van der Waals surface area contributed by atoms with Gasteiger partial charge in [0, 0.05) is 23.2 Å². The van der Waals surface area contributed by atoms with E-state index in [9.17, 15) is 0 Å². The summed E-state index contributed by atoms with van der Waals surface area (Å²) in [6.45, 7) is 8.91. The molecule has 1 heterocycles. The van der Waals surface area contributed by atoms with Crippen molar-refractivity contribution in [3.05, 3.63) is 29.3 Å². The summed E-state index contributed by atoms with van der Waals surface area (Å²) in [5.41, 5.74) is 5.29. The molecule has 0 atom stereocenters. The molecule has 2 heteroatoms. The van der Waals surface area contributed by atoms with E-state index in [-0.39, 0.29) is 5.54 Å². The van der Waals surface area contributed by atoms with Crippen molar-refractivity contribution in [2.45, 2.75) is 51.0 Å². The molecule has 1 aromatic rings. The molecule has 0 unspecified atom stereocenters. The van der Waals surface area contributed by atoms with Crippen molar-refractivity contribution in [1.82, 2.24) is 5.32 Å². The van der Waals surface area contributed by atoms with E-state index in [0.29, 0.717) is 5.41 Å². The van der Waals surface area contributed by atoms with E-state index >= 15 is 0 Å². The maximum Gasteiger partial charge on any atom is 0.0382 e. The Kier molecular flexibility index (Phi) is 2.67. The minimum atomic E-state index is 0.216. The topological polar surface area (TPSA) is 24.1 Å². The van der Waals surface area contributed by atoms with E-state index in [4.69, 9.17) is 0 Å². The Balaban J connectivity index is 1.76. The summed E-state index contributed by atoms with van der Waals surface area (Å²) in [7, 11) is 0. The van der Waals surface area contributed by atoms with Gasteiger partial charge in [-0.15, -0.1) is 0 Å². The van der Waals surface area contributed by atoms with Crippen molar-refractivity contribution >= 4 is 5.69 Å². The highest BCUT2D eigenvalue weighted by atomic mass is 15.0. The summed E-state index contributed by atoms with van der Waals surface area (Å²) < 4.78 is 0. The molecule has 0 radical (unpaired) electrons. The molecule has 1 aliphatic carbocycles. The van der Waals surface area contributed by atoms with Gasteiger partial charge in [-0.05, 0) is 63.8 Å². The highest BCUT2D eigenvalue weighted by molar-refractivity contribution is 5.65. The zero-order chi connectivity index (χ0) is 12.8. The van der Waals surface area contributed by atoms with E-state index in [1.54, 1.807) is 11.1 Å². The summed E-state index contributed by atoms with van der Waals surface area (Å²) >= 11 is 0. The first-order valence-electron chi connectivity index (χ1n) is 7.12. The zero-order valence-corrected chi connectivity index (χ0v) is 11.8. The van der Waals surface area contributed by atoms with Gasteiger partial charge in [0.1, 0.15) is 0 Å². The SMILES string of the molecule is CC(C)(C)NCCc1cccc2c1C1(CC1)CN2. The Hall–Kier alpha value is -1.02. The average Bonchev–Trinajstić information content (AvgIpc) is 2.95. The fourth-order valence-electron chi connectivity index (χ4n) is 3.08. The molecular formula is C16H24N2. The lowest BCUT2D eigenvalue weighted by Crippen LogP contribution is -2.37. The molecule has 2 nitrogen and oxygen atoms in total. The van der Waals surface area contributed by atoms with E-state index < -0.39 is 0 Å². The van der Waals surface area contributed by atoms with Crippen molar-refractivity contribution in [2.24, 2.45) is 0 Å². The molecule has 2 aliphatic rings. The summed E-state index contributed by atoms with van der Waals surface area (Å²) in [4.78, 5) is 0. The van der Waals surface area contributed by atoms with Crippen LogP contribution in [0, 0.1) is 0 Å². The monoisotopic (exact) mass is 244 g/mol. The lowest BCUT2D eigenvalue weighted by molar-refractivity contribution is 0.429. The van der Waals surface area contributed by atoms with Gasteiger partial charge in [0.15, 0.2) is 0 Å². The Labute approximate surface area is 110 Å². The van der Waals surface area contributed by atoms with E-state index in [0.717, 1.165) is 19.5 Å². The van der Waals surface area contributed by atoms with Gasteiger partial charge >= 0.3 is 0 Å². The van der Waals surface area contributed by atoms with E-state index in [2.05, 4.69) is 49.6 Å². The number of nitrogens with one attached hydrogen (secondary N) is 2. The third-order valence-electron chi connectivity index (χ3n) is 4.20. The number of hydrogen-bond donors (Lipinski definition) is 2. The lowest BCUT2D eigenvalue weighted by atomic mass is 9.91. The van der Waals surface area contributed by atoms with Crippen molar-refractivity contribution in [2.75, 3.05) is 18.4 Å². The lowest BCUT2D eigenvalue weighted by Gasteiger charge is -2.21. The fourth-order valence-corrected chi connectivity index (χ4v) is 3.08. The second-order valence-electron chi connectivity index (χ2n) is 6.90. The molecule has 98 valence electrons. The first-order valence-corrected chi connectivity index (χ1v) is 7.12.